The van der Waals surface area contributed by atoms with Crippen molar-refractivity contribution in [2.75, 3.05) is 6.61 Å². The molecule has 0 radical (unpaired) electrons. The third-order valence-corrected chi connectivity index (χ3v) is 8.39. The fraction of sp³-hybridized carbons (Fsp3) is 0.375. The highest BCUT2D eigenvalue weighted by Crippen LogP contribution is 2.24. The molecule has 0 N–H and O–H groups in total. The summed E-state index contributed by atoms with van der Waals surface area (Å²) in [5.74, 6) is -0.684. The van der Waals surface area contributed by atoms with Gasteiger partial charge in [0.15, 0.2) is 14.6 Å². The largest absolute Gasteiger partial charge is 0.465 e. The number of benzene rings is 2. The molecule has 0 bridgehead atoms. The first kappa shape index (κ1) is 24.9. The molecule has 0 fully saturated rings. The Bertz CT molecular complexity index is 1360. The summed E-state index contributed by atoms with van der Waals surface area (Å²) in [6.07, 6.45) is 0. The number of sulfone groups is 1. The summed E-state index contributed by atoms with van der Waals surface area (Å²) in [5.41, 5.74) is 2.08. The Morgan fingerprint density at radius 1 is 1.09 bits per heavy atom. The SMILES string of the molecule is CCOC(=O)Cn1c(=NC(=O)c2cccc(S(=O)(=O)C(C)C)c2)sc2cc(C(C)C)ccc21. The number of aromatic nitrogens is 1. The van der Waals surface area contributed by atoms with Gasteiger partial charge in [-0.05, 0) is 62.6 Å². The Kier molecular flexibility index (Phi) is 7.54. The number of fused-ring (bicyclic) bond motifs is 1. The maximum Gasteiger partial charge on any atom is 0.326 e. The van der Waals surface area contributed by atoms with Crippen molar-refractivity contribution in [3.05, 3.63) is 58.4 Å². The van der Waals surface area contributed by atoms with Gasteiger partial charge in [-0.2, -0.15) is 4.99 Å². The van der Waals surface area contributed by atoms with E-state index < -0.39 is 27.0 Å². The summed E-state index contributed by atoms with van der Waals surface area (Å²) < 4.78 is 32.7. The Hall–Kier alpha value is -2.78. The van der Waals surface area contributed by atoms with Gasteiger partial charge in [0.25, 0.3) is 5.91 Å². The molecule has 0 spiro atoms. The number of carbonyl (C=O) groups excluding carboxylic acids is 2. The van der Waals surface area contributed by atoms with Crippen LogP contribution in [0.3, 0.4) is 0 Å². The van der Waals surface area contributed by atoms with Gasteiger partial charge in [0.1, 0.15) is 6.54 Å². The number of thiazole rings is 1. The summed E-state index contributed by atoms with van der Waals surface area (Å²) in [7, 11) is -3.53. The van der Waals surface area contributed by atoms with E-state index in [0.717, 1.165) is 15.8 Å². The Morgan fingerprint density at radius 3 is 2.45 bits per heavy atom. The molecule has 2 aromatic carbocycles. The maximum absolute atomic E-state index is 13.0. The van der Waals surface area contributed by atoms with Crippen LogP contribution in [-0.2, 0) is 25.9 Å². The molecule has 3 rings (SSSR count). The lowest BCUT2D eigenvalue weighted by Gasteiger charge is -2.08. The molecule has 1 aromatic heterocycles. The van der Waals surface area contributed by atoms with Crippen molar-refractivity contribution in [1.82, 2.24) is 4.57 Å². The van der Waals surface area contributed by atoms with E-state index in [1.807, 2.05) is 18.2 Å². The zero-order valence-electron chi connectivity index (χ0n) is 19.4. The van der Waals surface area contributed by atoms with Crippen LogP contribution in [0.4, 0.5) is 0 Å². The van der Waals surface area contributed by atoms with Crippen LogP contribution in [0.1, 0.15) is 56.5 Å². The molecule has 33 heavy (non-hydrogen) atoms. The molecule has 0 aliphatic carbocycles. The molecule has 1 heterocycles. The molecular weight excluding hydrogens is 460 g/mol. The summed E-state index contributed by atoms with van der Waals surface area (Å²) >= 11 is 1.30. The maximum atomic E-state index is 13.0. The van der Waals surface area contributed by atoms with Crippen LogP contribution in [-0.4, -0.2) is 36.7 Å². The Labute approximate surface area is 197 Å². The first-order valence-corrected chi connectivity index (χ1v) is 13.1. The van der Waals surface area contributed by atoms with Crippen molar-refractivity contribution in [1.29, 1.82) is 0 Å². The number of hydrogen-bond donors (Lipinski definition) is 0. The number of ether oxygens (including phenoxy) is 1. The van der Waals surface area contributed by atoms with E-state index in [0.29, 0.717) is 10.7 Å². The highest BCUT2D eigenvalue weighted by molar-refractivity contribution is 7.92. The van der Waals surface area contributed by atoms with E-state index in [1.54, 1.807) is 25.3 Å². The molecular formula is C24H28N2O5S2. The monoisotopic (exact) mass is 488 g/mol. The topological polar surface area (TPSA) is 94.8 Å². The Morgan fingerprint density at radius 2 is 1.82 bits per heavy atom. The molecule has 0 atom stereocenters. The third kappa shape index (κ3) is 5.42. The standard InChI is InChI=1S/C24H28N2O5S2/c1-6-31-22(27)14-26-20-11-10-17(15(2)3)13-21(20)32-24(26)25-23(28)18-8-7-9-19(12-18)33(29,30)16(4)5/h7-13,15-16H,6,14H2,1-5H3. The molecule has 0 saturated heterocycles. The van der Waals surface area contributed by atoms with Crippen LogP contribution in [0.15, 0.2) is 52.4 Å². The zero-order chi connectivity index (χ0) is 24.3. The van der Waals surface area contributed by atoms with Gasteiger partial charge in [-0.15, -0.1) is 0 Å². The second-order valence-electron chi connectivity index (χ2n) is 8.20. The van der Waals surface area contributed by atoms with Crippen LogP contribution in [0.2, 0.25) is 0 Å². The summed E-state index contributed by atoms with van der Waals surface area (Å²) in [6, 6.07) is 11.8. The molecule has 7 nitrogen and oxygen atoms in total. The first-order valence-electron chi connectivity index (χ1n) is 10.8. The normalized spacial score (nSPS) is 12.6. The Balaban J connectivity index is 2.12. The number of amides is 1. The van der Waals surface area contributed by atoms with Crippen molar-refractivity contribution >= 4 is 43.3 Å². The van der Waals surface area contributed by atoms with Gasteiger partial charge < -0.3 is 9.30 Å². The highest BCUT2D eigenvalue weighted by atomic mass is 32.2. The molecule has 0 aliphatic rings. The summed E-state index contributed by atoms with van der Waals surface area (Å²) in [4.78, 5) is 29.9. The lowest BCUT2D eigenvalue weighted by atomic mass is 10.0. The average molecular weight is 489 g/mol. The smallest absolute Gasteiger partial charge is 0.326 e. The van der Waals surface area contributed by atoms with Crippen molar-refractivity contribution in [2.45, 2.75) is 57.2 Å². The quantitative estimate of drug-likeness (QED) is 0.462. The lowest BCUT2D eigenvalue weighted by Crippen LogP contribution is -2.23. The minimum atomic E-state index is -3.53. The predicted molar refractivity (Wildman–Crippen MR) is 129 cm³/mol. The van der Waals surface area contributed by atoms with E-state index in [2.05, 4.69) is 18.8 Å². The van der Waals surface area contributed by atoms with Gasteiger partial charge in [-0.1, -0.05) is 37.3 Å². The fourth-order valence-corrected chi connectivity index (χ4v) is 5.43. The predicted octanol–water partition coefficient (Wildman–Crippen LogP) is 4.31. The van der Waals surface area contributed by atoms with Gasteiger partial charge in [0, 0.05) is 5.56 Å². The fourth-order valence-electron chi connectivity index (χ4n) is 3.25. The van der Waals surface area contributed by atoms with Crippen molar-refractivity contribution in [2.24, 2.45) is 4.99 Å². The van der Waals surface area contributed by atoms with E-state index in [-0.39, 0.29) is 23.6 Å². The number of esters is 1. The van der Waals surface area contributed by atoms with E-state index >= 15 is 0 Å². The van der Waals surface area contributed by atoms with E-state index in [4.69, 9.17) is 4.74 Å². The molecule has 1 amide bonds. The molecule has 3 aromatic rings. The summed E-state index contributed by atoms with van der Waals surface area (Å²) in [5, 5.41) is -0.607. The van der Waals surface area contributed by atoms with Gasteiger partial charge in [-0.3, -0.25) is 9.59 Å². The third-order valence-electron chi connectivity index (χ3n) is 5.19. The number of nitrogens with zero attached hydrogens (tertiary/aromatic N) is 2. The second kappa shape index (κ2) is 10.0. The number of rotatable bonds is 7. The van der Waals surface area contributed by atoms with Gasteiger partial charge >= 0.3 is 5.97 Å². The van der Waals surface area contributed by atoms with Crippen LogP contribution >= 0.6 is 11.3 Å². The first-order chi connectivity index (χ1) is 15.5. The molecule has 0 unspecified atom stereocenters. The number of hydrogen-bond acceptors (Lipinski definition) is 6. The van der Waals surface area contributed by atoms with E-state index in [1.165, 1.54) is 35.6 Å². The second-order valence-corrected chi connectivity index (χ2v) is 11.7. The molecule has 0 saturated carbocycles. The van der Waals surface area contributed by atoms with Crippen LogP contribution in [0.25, 0.3) is 10.2 Å². The van der Waals surface area contributed by atoms with Gasteiger partial charge in [-0.25, -0.2) is 8.42 Å². The van der Waals surface area contributed by atoms with Crippen LogP contribution in [0, 0.1) is 0 Å². The van der Waals surface area contributed by atoms with Crippen LogP contribution in [0.5, 0.6) is 0 Å². The van der Waals surface area contributed by atoms with Crippen molar-refractivity contribution in [3.63, 3.8) is 0 Å². The molecule has 0 aliphatic heterocycles. The van der Waals surface area contributed by atoms with Gasteiger partial charge in [0.2, 0.25) is 0 Å². The van der Waals surface area contributed by atoms with E-state index in [9.17, 15) is 18.0 Å². The van der Waals surface area contributed by atoms with Gasteiger partial charge in [0.05, 0.1) is 27.0 Å². The lowest BCUT2D eigenvalue weighted by molar-refractivity contribution is -0.143. The highest BCUT2D eigenvalue weighted by Gasteiger charge is 2.21. The average Bonchev–Trinajstić information content (AvgIpc) is 3.09. The summed E-state index contributed by atoms with van der Waals surface area (Å²) in [6.45, 7) is 9.27. The number of carbonyl (C=O) groups is 2. The van der Waals surface area contributed by atoms with Crippen molar-refractivity contribution in [3.8, 4) is 0 Å². The van der Waals surface area contributed by atoms with Crippen molar-refractivity contribution < 1.29 is 22.7 Å². The minimum Gasteiger partial charge on any atom is -0.465 e. The molecule has 176 valence electrons. The zero-order valence-corrected chi connectivity index (χ0v) is 21.0. The minimum absolute atomic E-state index is 0.0795. The molecule has 9 heteroatoms. The van der Waals surface area contributed by atoms with Crippen LogP contribution < -0.4 is 4.80 Å².